The summed E-state index contributed by atoms with van der Waals surface area (Å²) in [6, 6.07) is 7.77. The van der Waals surface area contributed by atoms with Crippen molar-refractivity contribution in [1.82, 2.24) is 19.3 Å². The highest BCUT2D eigenvalue weighted by atomic mass is 32.2. The van der Waals surface area contributed by atoms with E-state index in [9.17, 15) is 8.42 Å². The molecule has 3 N–H and O–H groups in total. The summed E-state index contributed by atoms with van der Waals surface area (Å²) >= 11 is 0. The number of nitrogens with one attached hydrogen (secondary N) is 1. The van der Waals surface area contributed by atoms with Crippen LogP contribution in [-0.2, 0) is 23.0 Å². The van der Waals surface area contributed by atoms with E-state index in [1.165, 1.54) is 0 Å². The van der Waals surface area contributed by atoms with Gasteiger partial charge in [-0.3, -0.25) is 0 Å². The van der Waals surface area contributed by atoms with Gasteiger partial charge in [-0.15, -0.1) is 0 Å². The largest absolute Gasteiger partial charge is 0.382 e. The van der Waals surface area contributed by atoms with Gasteiger partial charge in [-0.1, -0.05) is 25.1 Å². The lowest BCUT2D eigenvalue weighted by Crippen LogP contribution is -2.40. The number of para-hydroxylation sites is 1. The van der Waals surface area contributed by atoms with Gasteiger partial charge in [0.05, 0.1) is 15.8 Å². The van der Waals surface area contributed by atoms with Crippen LogP contribution >= 0.6 is 0 Å². The van der Waals surface area contributed by atoms with E-state index in [-0.39, 0.29) is 6.54 Å². The highest BCUT2D eigenvalue weighted by molar-refractivity contribution is 7.90. The summed E-state index contributed by atoms with van der Waals surface area (Å²) in [4.78, 5) is 9.08. The molecule has 140 valence electrons. The monoisotopic (exact) mass is 375 g/mol. The van der Waals surface area contributed by atoms with Crippen LogP contribution in [0.2, 0.25) is 0 Å². The summed E-state index contributed by atoms with van der Waals surface area (Å²) in [6.45, 7) is 7.82. The van der Waals surface area contributed by atoms with E-state index in [4.69, 9.17) is 5.73 Å². The number of nitrogens with zero attached hydrogens (tertiary/aromatic N) is 3. The van der Waals surface area contributed by atoms with Crippen molar-refractivity contribution in [2.45, 2.75) is 45.4 Å². The molecule has 3 rings (SSSR count). The van der Waals surface area contributed by atoms with Gasteiger partial charge in [0.1, 0.15) is 11.3 Å². The number of sulfonamides is 1. The van der Waals surface area contributed by atoms with Crippen molar-refractivity contribution in [3.8, 4) is 0 Å². The van der Waals surface area contributed by atoms with Crippen molar-refractivity contribution in [3.05, 3.63) is 30.1 Å². The first-order valence-electron chi connectivity index (χ1n) is 8.68. The van der Waals surface area contributed by atoms with Crippen molar-refractivity contribution in [2.24, 2.45) is 0 Å². The Morgan fingerprint density at radius 1 is 1.19 bits per heavy atom. The first-order valence-corrected chi connectivity index (χ1v) is 10.2. The van der Waals surface area contributed by atoms with Crippen LogP contribution in [-0.4, -0.2) is 34.2 Å². The van der Waals surface area contributed by atoms with Crippen molar-refractivity contribution in [2.75, 3.05) is 12.3 Å². The van der Waals surface area contributed by atoms with Crippen molar-refractivity contribution >= 4 is 37.8 Å². The highest BCUT2D eigenvalue weighted by Gasteiger charge is 2.28. The molecule has 3 aromatic rings. The second-order valence-corrected chi connectivity index (χ2v) is 9.78. The summed E-state index contributed by atoms with van der Waals surface area (Å²) < 4.78 is 28.5. The van der Waals surface area contributed by atoms with E-state index in [0.717, 1.165) is 22.2 Å². The number of nitrogen functional groups attached to an aromatic ring is 1. The SMILES string of the molecule is CCc1nc2c(N)nc3ccccc3c2n1CCNS(=O)(=O)C(C)(C)C. The van der Waals surface area contributed by atoms with Gasteiger partial charge in [0.2, 0.25) is 10.0 Å². The number of anilines is 1. The standard InChI is InChI=1S/C18H25N5O2S/c1-5-14-22-15-16(12-8-6-7-9-13(12)21-17(15)19)23(14)11-10-20-26(24,25)18(2,3)4/h6-9,20H,5,10-11H2,1-4H3,(H2,19,21). The number of rotatable bonds is 5. The van der Waals surface area contributed by atoms with Crippen molar-refractivity contribution in [1.29, 1.82) is 0 Å². The van der Waals surface area contributed by atoms with Gasteiger partial charge in [-0.05, 0) is 26.8 Å². The summed E-state index contributed by atoms with van der Waals surface area (Å²) in [5.41, 5.74) is 8.49. The summed E-state index contributed by atoms with van der Waals surface area (Å²) in [5.74, 6) is 1.25. The smallest absolute Gasteiger partial charge is 0.216 e. The lowest BCUT2D eigenvalue weighted by molar-refractivity contribution is 0.538. The molecule has 0 spiro atoms. The third-order valence-electron chi connectivity index (χ3n) is 4.44. The summed E-state index contributed by atoms with van der Waals surface area (Å²) in [6.07, 6.45) is 0.717. The Balaban J connectivity index is 2.05. The zero-order valence-electron chi connectivity index (χ0n) is 15.6. The molecule has 0 aliphatic rings. The number of benzene rings is 1. The number of nitrogens with two attached hydrogens (primary N) is 1. The van der Waals surface area contributed by atoms with E-state index in [1.54, 1.807) is 20.8 Å². The molecule has 26 heavy (non-hydrogen) atoms. The van der Waals surface area contributed by atoms with Crippen LogP contribution in [0.25, 0.3) is 21.9 Å². The fraction of sp³-hybridized carbons (Fsp3) is 0.444. The fourth-order valence-corrected chi connectivity index (χ4v) is 3.72. The van der Waals surface area contributed by atoms with Gasteiger partial charge in [-0.2, -0.15) is 0 Å². The maximum absolute atomic E-state index is 12.3. The molecule has 8 heteroatoms. The molecule has 0 fully saturated rings. The minimum atomic E-state index is -3.40. The van der Waals surface area contributed by atoms with Crippen LogP contribution < -0.4 is 10.5 Å². The first kappa shape index (κ1) is 18.6. The van der Waals surface area contributed by atoms with E-state index < -0.39 is 14.8 Å². The third kappa shape index (κ3) is 3.14. The normalized spacial score (nSPS) is 12.9. The molecular weight excluding hydrogens is 350 g/mol. The molecule has 0 radical (unpaired) electrons. The minimum Gasteiger partial charge on any atom is -0.382 e. The van der Waals surface area contributed by atoms with Crippen LogP contribution in [0.1, 0.15) is 33.5 Å². The first-order chi connectivity index (χ1) is 12.2. The molecule has 0 aliphatic heterocycles. The third-order valence-corrected chi connectivity index (χ3v) is 6.64. The topological polar surface area (TPSA) is 103 Å². The predicted molar refractivity (Wildman–Crippen MR) is 105 cm³/mol. The number of pyridine rings is 1. The lowest BCUT2D eigenvalue weighted by atomic mass is 10.2. The molecular formula is C18H25N5O2S. The van der Waals surface area contributed by atoms with E-state index >= 15 is 0 Å². The van der Waals surface area contributed by atoms with Gasteiger partial charge in [0.25, 0.3) is 0 Å². The Hall–Kier alpha value is -2.19. The van der Waals surface area contributed by atoms with Gasteiger partial charge < -0.3 is 10.3 Å². The molecule has 0 saturated carbocycles. The average molecular weight is 375 g/mol. The zero-order valence-corrected chi connectivity index (χ0v) is 16.4. The average Bonchev–Trinajstić information content (AvgIpc) is 2.93. The quantitative estimate of drug-likeness (QED) is 0.713. The molecule has 0 saturated heterocycles. The molecule has 1 aromatic carbocycles. The van der Waals surface area contributed by atoms with Crippen LogP contribution in [0.5, 0.6) is 0 Å². The van der Waals surface area contributed by atoms with Crippen LogP contribution in [0.4, 0.5) is 5.82 Å². The molecule has 2 heterocycles. The van der Waals surface area contributed by atoms with E-state index in [0.29, 0.717) is 24.3 Å². The maximum atomic E-state index is 12.3. The molecule has 0 unspecified atom stereocenters. The molecule has 0 atom stereocenters. The second-order valence-electron chi connectivity index (χ2n) is 7.25. The van der Waals surface area contributed by atoms with Crippen molar-refractivity contribution in [3.63, 3.8) is 0 Å². The minimum absolute atomic E-state index is 0.286. The Morgan fingerprint density at radius 3 is 2.54 bits per heavy atom. The summed E-state index contributed by atoms with van der Waals surface area (Å²) in [7, 11) is -3.40. The molecule has 2 aromatic heterocycles. The Kier molecular flexibility index (Phi) is 4.66. The summed E-state index contributed by atoms with van der Waals surface area (Å²) in [5, 5.41) is 0.961. The molecule has 0 amide bonds. The van der Waals surface area contributed by atoms with Gasteiger partial charge in [0.15, 0.2) is 5.82 Å². The molecule has 7 nitrogen and oxygen atoms in total. The predicted octanol–water partition coefficient (Wildman–Crippen LogP) is 2.45. The Labute approximate surface area is 153 Å². The number of aromatic nitrogens is 3. The fourth-order valence-electron chi connectivity index (χ4n) is 2.92. The van der Waals surface area contributed by atoms with Gasteiger partial charge >= 0.3 is 0 Å². The number of fused-ring (bicyclic) bond motifs is 3. The lowest BCUT2D eigenvalue weighted by Gasteiger charge is -2.20. The van der Waals surface area contributed by atoms with Crippen LogP contribution in [0, 0.1) is 0 Å². The van der Waals surface area contributed by atoms with E-state index in [2.05, 4.69) is 14.7 Å². The maximum Gasteiger partial charge on any atom is 0.216 e. The number of aryl methyl sites for hydroxylation is 1. The van der Waals surface area contributed by atoms with Crippen LogP contribution in [0.15, 0.2) is 24.3 Å². The van der Waals surface area contributed by atoms with Gasteiger partial charge in [-0.25, -0.2) is 23.1 Å². The highest BCUT2D eigenvalue weighted by Crippen LogP contribution is 2.28. The van der Waals surface area contributed by atoms with Crippen molar-refractivity contribution < 1.29 is 8.42 Å². The zero-order chi connectivity index (χ0) is 19.1. The Bertz CT molecular complexity index is 1060. The number of hydrogen-bond donors (Lipinski definition) is 2. The number of hydrogen-bond acceptors (Lipinski definition) is 5. The molecule has 0 bridgehead atoms. The van der Waals surface area contributed by atoms with Gasteiger partial charge in [0, 0.05) is 24.9 Å². The number of imidazole rings is 1. The molecule has 0 aliphatic carbocycles. The second kappa shape index (κ2) is 6.51. The Morgan fingerprint density at radius 2 is 1.88 bits per heavy atom. The van der Waals surface area contributed by atoms with E-state index in [1.807, 2.05) is 35.8 Å². The van der Waals surface area contributed by atoms with Crippen LogP contribution in [0.3, 0.4) is 0 Å².